The van der Waals surface area contributed by atoms with Gasteiger partial charge in [-0.3, -0.25) is 4.79 Å². The Hall–Kier alpha value is -2.81. The van der Waals surface area contributed by atoms with Crippen molar-refractivity contribution in [3.05, 3.63) is 53.6 Å². The highest BCUT2D eigenvalue weighted by molar-refractivity contribution is 7.92. The molecule has 1 atom stereocenters. The van der Waals surface area contributed by atoms with E-state index in [0.29, 0.717) is 12.1 Å². The lowest BCUT2D eigenvalue weighted by molar-refractivity contribution is -0.274. The van der Waals surface area contributed by atoms with E-state index in [2.05, 4.69) is 4.74 Å². The molecule has 1 saturated heterocycles. The summed E-state index contributed by atoms with van der Waals surface area (Å²) in [6.45, 7) is 1.37. The Morgan fingerprint density at radius 3 is 2.11 bits per heavy atom. The molecule has 15 heteroatoms. The molecule has 0 saturated carbocycles. The van der Waals surface area contributed by atoms with Gasteiger partial charge in [0, 0.05) is 19.3 Å². The van der Waals surface area contributed by atoms with Crippen molar-refractivity contribution in [3.8, 4) is 5.75 Å². The summed E-state index contributed by atoms with van der Waals surface area (Å²) >= 11 is 0. The number of alkyl halides is 6. The van der Waals surface area contributed by atoms with Crippen LogP contribution in [0.2, 0.25) is 0 Å². The predicted octanol–water partition coefficient (Wildman–Crippen LogP) is 4.72. The number of ether oxygens (including phenoxy) is 1. The molecule has 0 bridgehead atoms. The van der Waals surface area contributed by atoms with Gasteiger partial charge in [-0.2, -0.15) is 13.2 Å². The minimum absolute atomic E-state index is 0.00401. The van der Waals surface area contributed by atoms with Crippen LogP contribution in [0.5, 0.6) is 5.75 Å². The molecule has 7 nitrogen and oxygen atoms in total. The van der Waals surface area contributed by atoms with Gasteiger partial charge in [-0.05, 0) is 62.1 Å². The van der Waals surface area contributed by atoms with Crippen molar-refractivity contribution in [1.82, 2.24) is 4.90 Å². The van der Waals surface area contributed by atoms with E-state index >= 15 is 0 Å². The topological polar surface area (TPSA) is 97.8 Å². The fourth-order valence-corrected chi connectivity index (χ4v) is 6.90. The SMILES string of the molecule is C[C@H](C1CCN(C(=O)c2ccc(OC(F)(F)F)cc2S(C)(=O)=O)CC1)S(=O)(=O)c1cccc(C(F)(F)F)c1. The molecule has 38 heavy (non-hydrogen) atoms. The van der Waals surface area contributed by atoms with Crippen LogP contribution < -0.4 is 4.74 Å². The first-order valence-corrected chi connectivity index (χ1v) is 14.5. The second kappa shape index (κ2) is 10.4. The molecule has 1 aliphatic heterocycles. The minimum Gasteiger partial charge on any atom is -0.406 e. The Morgan fingerprint density at radius 1 is 0.974 bits per heavy atom. The van der Waals surface area contributed by atoms with Crippen LogP contribution in [0.25, 0.3) is 0 Å². The smallest absolute Gasteiger partial charge is 0.406 e. The van der Waals surface area contributed by atoms with Crippen molar-refractivity contribution in [1.29, 1.82) is 0 Å². The third-order valence-corrected chi connectivity index (χ3v) is 9.70. The average molecular weight is 588 g/mol. The zero-order valence-electron chi connectivity index (χ0n) is 20.0. The number of hydrogen-bond acceptors (Lipinski definition) is 6. The summed E-state index contributed by atoms with van der Waals surface area (Å²) < 4.78 is 131. The molecule has 1 amide bonds. The lowest BCUT2D eigenvalue weighted by Crippen LogP contribution is -2.42. The number of nitrogens with zero attached hydrogens (tertiary/aromatic N) is 1. The fourth-order valence-electron chi connectivity index (χ4n) is 4.24. The maximum atomic E-state index is 13.1. The van der Waals surface area contributed by atoms with E-state index < -0.39 is 70.4 Å². The van der Waals surface area contributed by atoms with E-state index in [1.807, 2.05) is 0 Å². The summed E-state index contributed by atoms with van der Waals surface area (Å²) in [5.74, 6) is -2.12. The van der Waals surface area contributed by atoms with Gasteiger partial charge in [-0.25, -0.2) is 16.8 Å². The van der Waals surface area contributed by atoms with Crippen molar-refractivity contribution in [2.24, 2.45) is 5.92 Å². The van der Waals surface area contributed by atoms with Gasteiger partial charge >= 0.3 is 12.5 Å². The van der Waals surface area contributed by atoms with Crippen LogP contribution in [0, 0.1) is 5.92 Å². The van der Waals surface area contributed by atoms with E-state index in [1.54, 1.807) is 0 Å². The van der Waals surface area contributed by atoms with Gasteiger partial charge in [0.05, 0.1) is 26.2 Å². The quantitative estimate of drug-likeness (QED) is 0.454. The Balaban J connectivity index is 1.77. The molecule has 3 rings (SSSR count). The van der Waals surface area contributed by atoms with E-state index in [-0.39, 0.29) is 31.5 Å². The second-order valence-electron chi connectivity index (χ2n) is 8.88. The molecule has 210 valence electrons. The van der Waals surface area contributed by atoms with E-state index in [0.717, 1.165) is 36.6 Å². The molecule has 0 aliphatic carbocycles. The highest BCUT2D eigenvalue weighted by Gasteiger charge is 2.37. The maximum Gasteiger partial charge on any atom is 0.573 e. The summed E-state index contributed by atoms with van der Waals surface area (Å²) in [5.41, 5.74) is -1.47. The highest BCUT2D eigenvalue weighted by Crippen LogP contribution is 2.34. The molecule has 0 unspecified atom stereocenters. The van der Waals surface area contributed by atoms with Crippen LogP contribution in [-0.4, -0.2) is 58.6 Å². The second-order valence-corrected chi connectivity index (χ2v) is 13.2. The van der Waals surface area contributed by atoms with E-state index in [1.165, 1.54) is 11.8 Å². The number of piperidine rings is 1. The molecule has 0 N–H and O–H groups in total. The number of sulfone groups is 2. The lowest BCUT2D eigenvalue weighted by atomic mass is 9.93. The van der Waals surface area contributed by atoms with Crippen molar-refractivity contribution in [2.45, 2.75) is 47.3 Å². The Kier molecular flexibility index (Phi) is 8.14. The van der Waals surface area contributed by atoms with Crippen LogP contribution >= 0.6 is 0 Å². The summed E-state index contributed by atoms with van der Waals surface area (Å²) in [6, 6.07) is 5.75. The van der Waals surface area contributed by atoms with Gasteiger partial charge in [0.25, 0.3) is 5.91 Å². The maximum absolute atomic E-state index is 13.1. The molecule has 2 aromatic carbocycles. The van der Waals surface area contributed by atoms with E-state index in [9.17, 15) is 48.0 Å². The van der Waals surface area contributed by atoms with Crippen LogP contribution in [0.1, 0.15) is 35.7 Å². The zero-order valence-corrected chi connectivity index (χ0v) is 21.6. The number of rotatable bonds is 6. The van der Waals surface area contributed by atoms with Crippen molar-refractivity contribution < 1.29 is 52.7 Å². The predicted molar refractivity (Wildman–Crippen MR) is 123 cm³/mol. The molecule has 1 heterocycles. The van der Waals surface area contributed by atoms with Gasteiger partial charge in [0.1, 0.15) is 5.75 Å². The number of hydrogen-bond donors (Lipinski definition) is 0. The lowest BCUT2D eigenvalue weighted by Gasteiger charge is -2.35. The summed E-state index contributed by atoms with van der Waals surface area (Å²) in [4.78, 5) is 13.2. The summed E-state index contributed by atoms with van der Waals surface area (Å²) in [7, 11) is -8.28. The Morgan fingerprint density at radius 2 is 1.58 bits per heavy atom. The first kappa shape index (κ1) is 29.7. The molecular weight excluding hydrogens is 564 g/mol. The largest absolute Gasteiger partial charge is 0.573 e. The number of likely N-dealkylation sites (tertiary alicyclic amines) is 1. The fraction of sp³-hybridized carbons (Fsp3) is 0.435. The molecular formula is C23H23F6NO6S2. The van der Waals surface area contributed by atoms with Crippen LogP contribution in [0.3, 0.4) is 0 Å². The van der Waals surface area contributed by atoms with Crippen molar-refractivity contribution in [3.63, 3.8) is 0 Å². The number of halogens is 6. The van der Waals surface area contributed by atoms with Crippen LogP contribution in [0.15, 0.2) is 52.3 Å². The standard InChI is InChI=1S/C23H23F6NO6S2/c1-14(38(34,35)18-5-3-4-16(12-18)22(24,25)26)15-8-10-30(11-9-15)21(31)19-7-6-17(36-23(27,28)29)13-20(19)37(2,32)33/h3-7,12-15H,8-11H2,1-2H3/t14-/m1/s1. The molecule has 0 radical (unpaired) electrons. The summed E-state index contributed by atoms with van der Waals surface area (Å²) in [6.07, 6.45) is -8.78. The molecule has 0 spiro atoms. The molecule has 1 fully saturated rings. The van der Waals surface area contributed by atoms with Gasteiger partial charge in [-0.1, -0.05) is 6.07 Å². The molecule has 1 aliphatic rings. The first-order valence-electron chi connectivity index (χ1n) is 11.1. The van der Waals surface area contributed by atoms with E-state index in [4.69, 9.17) is 0 Å². The number of benzene rings is 2. The third kappa shape index (κ3) is 6.79. The highest BCUT2D eigenvalue weighted by atomic mass is 32.2. The first-order chi connectivity index (χ1) is 17.3. The van der Waals surface area contributed by atoms with Crippen LogP contribution in [-0.2, 0) is 25.9 Å². The van der Waals surface area contributed by atoms with Gasteiger partial charge in [0.2, 0.25) is 0 Å². The monoisotopic (exact) mass is 587 g/mol. The van der Waals surface area contributed by atoms with Gasteiger partial charge < -0.3 is 9.64 Å². The molecule has 0 aromatic heterocycles. The molecule has 2 aromatic rings. The van der Waals surface area contributed by atoms with Crippen LogP contribution in [0.4, 0.5) is 26.3 Å². The van der Waals surface area contributed by atoms with Crippen molar-refractivity contribution >= 4 is 25.6 Å². The number of amides is 1. The Bertz CT molecular complexity index is 1410. The normalized spacial score (nSPS) is 16.8. The number of carbonyl (C=O) groups is 1. The Labute approximate surface area is 215 Å². The minimum atomic E-state index is -5.08. The van der Waals surface area contributed by atoms with Gasteiger partial charge in [-0.15, -0.1) is 13.2 Å². The zero-order chi connectivity index (χ0) is 28.7. The van der Waals surface area contributed by atoms with Gasteiger partial charge in [0.15, 0.2) is 19.7 Å². The van der Waals surface area contributed by atoms with Crippen molar-refractivity contribution in [2.75, 3.05) is 19.3 Å². The average Bonchev–Trinajstić information content (AvgIpc) is 2.81. The third-order valence-electron chi connectivity index (χ3n) is 6.29. The number of carbonyl (C=O) groups excluding carboxylic acids is 1. The summed E-state index contributed by atoms with van der Waals surface area (Å²) in [5, 5.41) is -1.08.